The predicted molar refractivity (Wildman–Crippen MR) is 50.9 cm³/mol. The Labute approximate surface area is 116 Å². The molecule has 1 rings (SSSR count). The number of alkyl halides is 9. The van der Waals surface area contributed by atoms with Crippen LogP contribution in [0, 0.1) is 22.7 Å². The van der Waals surface area contributed by atoms with Gasteiger partial charge in [0, 0.05) is 0 Å². The molecule has 1 aromatic rings. The molecule has 0 aliphatic rings. The molecule has 0 aliphatic heterocycles. The minimum atomic E-state index is -5.75. The average Bonchev–Trinajstić information content (AvgIpc) is 2.32. The van der Waals surface area contributed by atoms with E-state index in [1.165, 1.54) is 0 Å². The molecule has 0 N–H and O–H groups in total. The zero-order valence-corrected chi connectivity index (χ0v) is 9.87. The van der Waals surface area contributed by atoms with Crippen LogP contribution < -0.4 is 0 Å². The predicted octanol–water partition coefficient (Wildman–Crippen LogP) is 4.49. The van der Waals surface area contributed by atoms with Gasteiger partial charge in [-0.1, -0.05) is 0 Å². The molecule has 0 saturated carbocycles. The van der Waals surface area contributed by atoms with Crippen molar-refractivity contribution in [2.75, 3.05) is 0 Å². The van der Waals surface area contributed by atoms with Gasteiger partial charge in [0.2, 0.25) is 0 Å². The van der Waals surface area contributed by atoms with Crippen LogP contribution in [0.5, 0.6) is 0 Å². The topological polar surface area (TPSA) is 47.6 Å². The molecule has 0 amide bonds. The monoisotopic (exact) mass is 332 g/mol. The Morgan fingerprint density at radius 1 is 0.636 bits per heavy atom. The lowest BCUT2D eigenvalue weighted by Crippen LogP contribution is -2.21. The number of halogens is 9. The third kappa shape index (κ3) is 3.08. The van der Waals surface area contributed by atoms with Gasteiger partial charge in [-0.3, -0.25) is 0 Å². The molecule has 11 heteroatoms. The maximum Gasteiger partial charge on any atom is 0.418 e. The fourth-order valence-electron chi connectivity index (χ4n) is 1.65. The highest BCUT2D eigenvalue weighted by Crippen LogP contribution is 2.45. The summed E-state index contributed by atoms with van der Waals surface area (Å²) in [6.45, 7) is 0. The lowest BCUT2D eigenvalue weighted by Gasteiger charge is -2.19. The Hall–Kier alpha value is -2.43. The number of hydrogen-bond donors (Lipinski definition) is 0. The Morgan fingerprint density at radius 3 is 1.14 bits per heavy atom. The van der Waals surface area contributed by atoms with Crippen LogP contribution in [0.1, 0.15) is 27.8 Å². The van der Waals surface area contributed by atoms with Crippen molar-refractivity contribution < 1.29 is 39.5 Å². The molecule has 0 aliphatic carbocycles. The second kappa shape index (κ2) is 5.09. The minimum absolute atomic E-state index is 0.572. The quantitative estimate of drug-likeness (QED) is 0.658. The lowest BCUT2D eigenvalue weighted by atomic mass is 9.91. The normalized spacial score (nSPS) is 12.7. The largest absolute Gasteiger partial charge is 0.418 e. The van der Waals surface area contributed by atoms with Crippen molar-refractivity contribution in [1.29, 1.82) is 10.5 Å². The van der Waals surface area contributed by atoms with Crippen LogP contribution in [0.15, 0.2) is 6.07 Å². The summed E-state index contributed by atoms with van der Waals surface area (Å²) in [5.74, 6) is 0. The smallest absolute Gasteiger partial charge is 0.192 e. The molecule has 0 heterocycles. The second-order valence-corrected chi connectivity index (χ2v) is 3.81. The third-order valence-corrected chi connectivity index (χ3v) is 2.45. The first-order valence-corrected chi connectivity index (χ1v) is 4.98. The Kier molecular flexibility index (Phi) is 4.07. The van der Waals surface area contributed by atoms with E-state index in [4.69, 9.17) is 10.5 Å². The Balaban J connectivity index is 4.13. The summed E-state index contributed by atoms with van der Waals surface area (Å²) in [6, 6.07) is 0.470. The molecule has 0 radical (unpaired) electrons. The van der Waals surface area contributed by atoms with E-state index in [2.05, 4.69) is 0 Å². The van der Waals surface area contributed by atoms with E-state index in [1.54, 1.807) is 0 Å². The average molecular weight is 332 g/mol. The first kappa shape index (κ1) is 17.6. The molecule has 0 spiro atoms. The molecule has 22 heavy (non-hydrogen) atoms. The SMILES string of the molecule is N#Cc1c(C(F)(F)F)cc(C(F)(F)F)c(C#N)c1C(F)(F)F. The molecule has 118 valence electrons. The van der Waals surface area contributed by atoms with Crippen molar-refractivity contribution in [1.82, 2.24) is 0 Å². The fraction of sp³-hybridized carbons (Fsp3) is 0.273. The fourth-order valence-corrected chi connectivity index (χ4v) is 1.65. The van der Waals surface area contributed by atoms with Crippen LogP contribution in [0.4, 0.5) is 39.5 Å². The molecule has 0 saturated heterocycles. The number of hydrogen-bond acceptors (Lipinski definition) is 2. The van der Waals surface area contributed by atoms with Crippen molar-refractivity contribution >= 4 is 0 Å². The summed E-state index contributed by atoms with van der Waals surface area (Å²) in [6.07, 6.45) is -17.0. The van der Waals surface area contributed by atoms with Crippen molar-refractivity contribution in [3.63, 3.8) is 0 Å². The van der Waals surface area contributed by atoms with Gasteiger partial charge in [0.1, 0.15) is 12.1 Å². The van der Waals surface area contributed by atoms with E-state index in [9.17, 15) is 39.5 Å². The lowest BCUT2D eigenvalue weighted by molar-refractivity contribution is -0.149. The van der Waals surface area contributed by atoms with Crippen LogP contribution in [0.25, 0.3) is 0 Å². The Bertz CT molecular complexity index is 630. The van der Waals surface area contributed by atoms with Crippen molar-refractivity contribution in [2.24, 2.45) is 0 Å². The maximum absolute atomic E-state index is 12.8. The Morgan fingerprint density at radius 2 is 0.955 bits per heavy atom. The summed E-state index contributed by atoms with van der Waals surface area (Å²) < 4.78 is 114. The number of nitriles is 2. The first-order valence-electron chi connectivity index (χ1n) is 4.98. The van der Waals surface area contributed by atoms with Gasteiger partial charge >= 0.3 is 18.5 Å². The van der Waals surface area contributed by atoms with Crippen molar-refractivity contribution in [3.05, 3.63) is 33.9 Å². The number of nitrogens with zero attached hydrogens (tertiary/aromatic N) is 2. The molecule has 0 unspecified atom stereocenters. The van der Waals surface area contributed by atoms with E-state index in [1.807, 2.05) is 0 Å². The number of rotatable bonds is 0. The molecule has 0 atom stereocenters. The van der Waals surface area contributed by atoms with E-state index in [-0.39, 0.29) is 0 Å². The van der Waals surface area contributed by atoms with Gasteiger partial charge in [-0.2, -0.15) is 50.0 Å². The van der Waals surface area contributed by atoms with E-state index < -0.39 is 52.4 Å². The zero-order chi connectivity index (χ0) is 17.5. The van der Waals surface area contributed by atoms with Crippen molar-refractivity contribution in [2.45, 2.75) is 18.5 Å². The van der Waals surface area contributed by atoms with Crippen LogP contribution in [-0.2, 0) is 18.5 Å². The molecular formula is C11HF9N2. The maximum atomic E-state index is 12.8. The van der Waals surface area contributed by atoms with Gasteiger partial charge in [-0.25, -0.2) is 0 Å². The first-order chi connectivity index (χ1) is 9.75. The summed E-state index contributed by atoms with van der Waals surface area (Å²) >= 11 is 0. The standard InChI is InChI=1S/C11HF9N2/c12-9(13,14)6-1-7(10(15,16)17)5(3-22)8(4(6)2-21)11(18,19)20/h1H. The third-order valence-electron chi connectivity index (χ3n) is 2.45. The highest BCUT2D eigenvalue weighted by atomic mass is 19.4. The molecule has 2 nitrogen and oxygen atoms in total. The number of benzene rings is 1. The van der Waals surface area contributed by atoms with Crippen LogP contribution in [0.3, 0.4) is 0 Å². The van der Waals surface area contributed by atoms with Gasteiger partial charge in [-0.15, -0.1) is 0 Å². The van der Waals surface area contributed by atoms with Gasteiger partial charge in [0.15, 0.2) is 0 Å². The van der Waals surface area contributed by atoms with Gasteiger partial charge in [0.25, 0.3) is 0 Å². The second-order valence-electron chi connectivity index (χ2n) is 3.81. The summed E-state index contributed by atoms with van der Waals surface area (Å²) in [5, 5.41) is 17.0. The molecule has 1 aromatic carbocycles. The molecule has 0 aromatic heterocycles. The zero-order valence-electron chi connectivity index (χ0n) is 9.87. The minimum Gasteiger partial charge on any atom is -0.192 e. The van der Waals surface area contributed by atoms with Crippen LogP contribution in [-0.4, -0.2) is 0 Å². The molecule has 0 bridgehead atoms. The van der Waals surface area contributed by atoms with Crippen LogP contribution >= 0.6 is 0 Å². The summed E-state index contributed by atoms with van der Waals surface area (Å²) in [7, 11) is 0. The summed E-state index contributed by atoms with van der Waals surface area (Å²) in [5.41, 5.74) is -11.5. The van der Waals surface area contributed by atoms with Crippen LogP contribution in [0.2, 0.25) is 0 Å². The van der Waals surface area contributed by atoms with E-state index in [0.717, 1.165) is 0 Å². The highest BCUT2D eigenvalue weighted by Gasteiger charge is 2.48. The molecular weight excluding hydrogens is 331 g/mol. The van der Waals surface area contributed by atoms with Gasteiger partial charge in [0.05, 0.1) is 27.8 Å². The molecule has 0 fully saturated rings. The van der Waals surface area contributed by atoms with Crippen molar-refractivity contribution in [3.8, 4) is 12.1 Å². The highest BCUT2D eigenvalue weighted by molar-refractivity contribution is 5.59. The van der Waals surface area contributed by atoms with Gasteiger partial charge in [-0.05, 0) is 6.07 Å². The van der Waals surface area contributed by atoms with E-state index >= 15 is 0 Å². The van der Waals surface area contributed by atoms with Gasteiger partial charge < -0.3 is 0 Å². The summed E-state index contributed by atoms with van der Waals surface area (Å²) in [4.78, 5) is 0. The van der Waals surface area contributed by atoms with E-state index in [0.29, 0.717) is 12.1 Å².